The molecule has 1 aliphatic heterocycles. The summed E-state index contributed by atoms with van der Waals surface area (Å²) in [6, 6.07) is 7.95. The van der Waals surface area contributed by atoms with Crippen molar-refractivity contribution >= 4 is 15.9 Å². The number of hydrogen-bond donors (Lipinski definition) is 1. The number of hydrogen-bond acceptors (Lipinski definition) is 1. The molecule has 1 fully saturated rings. The van der Waals surface area contributed by atoms with Gasteiger partial charge in [-0.1, -0.05) is 28.1 Å². The van der Waals surface area contributed by atoms with Crippen molar-refractivity contribution in [2.45, 2.75) is 25.4 Å². The maximum Gasteiger partial charge on any atom is 0.107 e. The Morgan fingerprint density at radius 2 is 1.88 bits per heavy atom. The van der Waals surface area contributed by atoms with Gasteiger partial charge in [0.15, 0.2) is 0 Å². The Morgan fingerprint density at radius 3 is 2.50 bits per heavy atom. The zero-order chi connectivity index (χ0) is 11.4. The van der Waals surface area contributed by atoms with Gasteiger partial charge in [0.1, 0.15) is 6.17 Å². The molecule has 1 N–H and O–H groups in total. The third-order valence-corrected chi connectivity index (χ3v) is 3.77. The molecule has 0 amide bonds. The minimum atomic E-state index is -0.691. The summed E-state index contributed by atoms with van der Waals surface area (Å²) in [5, 5.41) is 3.27. The summed E-state index contributed by atoms with van der Waals surface area (Å²) in [4.78, 5) is 0. The summed E-state index contributed by atoms with van der Waals surface area (Å²) in [6.45, 7) is 1.93. The van der Waals surface area contributed by atoms with Crippen LogP contribution in [0.5, 0.6) is 0 Å². The first-order valence-corrected chi connectivity index (χ1v) is 6.64. The number of rotatable bonds is 3. The smallest absolute Gasteiger partial charge is 0.107 e. The van der Waals surface area contributed by atoms with Crippen LogP contribution in [0.25, 0.3) is 0 Å². The lowest BCUT2D eigenvalue weighted by molar-refractivity contribution is 0.187. The molecule has 88 valence electrons. The molecular weight excluding hydrogens is 269 g/mol. The standard InChI is InChI=1S/C13H17BrFN/c14-12-3-1-10(2-4-12)9-13(15)11-5-7-16-8-6-11/h1-4,11,13,16H,5-9H2. The van der Waals surface area contributed by atoms with Crippen LogP contribution in [0.4, 0.5) is 4.39 Å². The van der Waals surface area contributed by atoms with Gasteiger partial charge in [-0.15, -0.1) is 0 Å². The molecule has 1 aromatic rings. The molecule has 1 heterocycles. The van der Waals surface area contributed by atoms with Crippen LogP contribution < -0.4 is 5.32 Å². The molecule has 0 saturated carbocycles. The maximum atomic E-state index is 14.0. The van der Waals surface area contributed by atoms with Crippen LogP contribution in [0.15, 0.2) is 28.7 Å². The van der Waals surface area contributed by atoms with Crippen molar-refractivity contribution in [2.24, 2.45) is 5.92 Å². The lowest BCUT2D eigenvalue weighted by Crippen LogP contribution is -2.33. The zero-order valence-corrected chi connectivity index (χ0v) is 10.8. The first-order chi connectivity index (χ1) is 7.75. The van der Waals surface area contributed by atoms with E-state index in [4.69, 9.17) is 0 Å². The second kappa shape index (κ2) is 5.78. The van der Waals surface area contributed by atoms with E-state index in [0.29, 0.717) is 6.42 Å². The van der Waals surface area contributed by atoms with Gasteiger partial charge in [-0.25, -0.2) is 4.39 Å². The number of nitrogens with one attached hydrogen (secondary N) is 1. The van der Waals surface area contributed by atoms with Crippen molar-refractivity contribution in [3.8, 4) is 0 Å². The van der Waals surface area contributed by atoms with Crippen molar-refractivity contribution < 1.29 is 4.39 Å². The van der Waals surface area contributed by atoms with E-state index in [0.717, 1.165) is 36.0 Å². The number of halogens is 2. The Hall–Kier alpha value is -0.410. The minimum absolute atomic E-state index is 0.241. The predicted octanol–water partition coefficient (Wildman–Crippen LogP) is 3.33. The fraction of sp³-hybridized carbons (Fsp3) is 0.538. The number of piperidine rings is 1. The van der Waals surface area contributed by atoms with E-state index in [1.807, 2.05) is 24.3 Å². The summed E-state index contributed by atoms with van der Waals surface area (Å²) in [7, 11) is 0. The van der Waals surface area contributed by atoms with Crippen molar-refractivity contribution in [2.75, 3.05) is 13.1 Å². The lowest BCUT2D eigenvalue weighted by atomic mass is 9.90. The average molecular weight is 286 g/mol. The molecule has 1 atom stereocenters. The highest BCUT2D eigenvalue weighted by atomic mass is 79.9. The van der Waals surface area contributed by atoms with Gasteiger partial charge in [0, 0.05) is 10.9 Å². The molecule has 16 heavy (non-hydrogen) atoms. The number of alkyl halides is 1. The second-order valence-electron chi connectivity index (χ2n) is 4.43. The van der Waals surface area contributed by atoms with E-state index in [2.05, 4.69) is 21.2 Å². The first-order valence-electron chi connectivity index (χ1n) is 5.85. The fourth-order valence-electron chi connectivity index (χ4n) is 2.22. The topological polar surface area (TPSA) is 12.0 Å². The van der Waals surface area contributed by atoms with Crippen molar-refractivity contribution in [3.05, 3.63) is 34.3 Å². The van der Waals surface area contributed by atoms with Gasteiger partial charge in [0.25, 0.3) is 0 Å². The average Bonchev–Trinajstić information content (AvgIpc) is 2.33. The van der Waals surface area contributed by atoms with E-state index in [1.165, 1.54) is 0 Å². The molecule has 0 bridgehead atoms. The third-order valence-electron chi connectivity index (χ3n) is 3.24. The van der Waals surface area contributed by atoms with Gasteiger partial charge < -0.3 is 5.32 Å². The van der Waals surface area contributed by atoms with Crippen LogP contribution in [-0.2, 0) is 6.42 Å². The third kappa shape index (κ3) is 3.29. The maximum absolute atomic E-state index is 14.0. The molecule has 1 aromatic carbocycles. The van der Waals surface area contributed by atoms with E-state index in [9.17, 15) is 4.39 Å². The number of benzene rings is 1. The van der Waals surface area contributed by atoms with Crippen LogP contribution >= 0.6 is 15.9 Å². The highest BCUT2D eigenvalue weighted by Gasteiger charge is 2.23. The normalized spacial score (nSPS) is 19.6. The fourth-order valence-corrected chi connectivity index (χ4v) is 2.48. The molecular formula is C13H17BrFN. The van der Waals surface area contributed by atoms with Crippen molar-refractivity contribution in [1.29, 1.82) is 0 Å². The van der Waals surface area contributed by atoms with Gasteiger partial charge >= 0.3 is 0 Å². The summed E-state index contributed by atoms with van der Waals surface area (Å²) < 4.78 is 15.1. The van der Waals surface area contributed by atoms with E-state index >= 15 is 0 Å². The molecule has 1 nitrogen and oxygen atoms in total. The van der Waals surface area contributed by atoms with Crippen LogP contribution in [-0.4, -0.2) is 19.3 Å². The van der Waals surface area contributed by atoms with E-state index in [1.54, 1.807) is 0 Å². The summed E-state index contributed by atoms with van der Waals surface area (Å²) >= 11 is 3.39. The largest absolute Gasteiger partial charge is 0.317 e. The zero-order valence-electron chi connectivity index (χ0n) is 9.26. The summed E-state index contributed by atoms with van der Waals surface area (Å²) in [5.41, 5.74) is 1.09. The summed E-state index contributed by atoms with van der Waals surface area (Å²) in [5.74, 6) is 0.241. The highest BCUT2D eigenvalue weighted by molar-refractivity contribution is 9.10. The first kappa shape index (κ1) is 12.1. The van der Waals surface area contributed by atoms with Crippen LogP contribution in [0, 0.1) is 5.92 Å². The van der Waals surface area contributed by atoms with Gasteiger partial charge in [0.05, 0.1) is 0 Å². The van der Waals surface area contributed by atoms with Gasteiger partial charge in [-0.3, -0.25) is 0 Å². The Bertz CT molecular complexity index is 319. The lowest BCUT2D eigenvalue weighted by Gasteiger charge is -2.25. The minimum Gasteiger partial charge on any atom is -0.317 e. The second-order valence-corrected chi connectivity index (χ2v) is 5.35. The van der Waals surface area contributed by atoms with Crippen molar-refractivity contribution in [1.82, 2.24) is 5.32 Å². The van der Waals surface area contributed by atoms with Gasteiger partial charge in [0.2, 0.25) is 0 Å². The molecule has 0 spiro atoms. The molecule has 3 heteroatoms. The highest BCUT2D eigenvalue weighted by Crippen LogP contribution is 2.23. The van der Waals surface area contributed by atoms with Crippen LogP contribution in [0.3, 0.4) is 0 Å². The predicted molar refractivity (Wildman–Crippen MR) is 68.3 cm³/mol. The van der Waals surface area contributed by atoms with Crippen LogP contribution in [0.1, 0.15) is 18.4 Å². The quantitative estimate of drug-likeness (QED) is 0.898. The van der Waals surface area contributed by atoms with E-state index in [-0.39, 0.29) is 5.92 Å². The Kier molecular flexibility index (Phi) is 4.36. The molecule has 0 radical (unpaired) electrons. The Balaban J connectivity index is 1.90. The molecule has 1 aliphatic rings. The summed E-state index contributed by atoms with van der Waals surface area (Å²) in [6.07, 6.45) is 1.80. The molecule has 0 aliphatic carbocycles. The Morgan fingerprint density at radius 1 is 1.25 bits per heavy atom. The van der Waals surface area contributed by atoms with Crippen LogP contribution in [0.2, 0.25) is 0 Å². The molecule has 1 saturated heterocycles. The SMILES string of the molecule is FC(Cc1ccc(Br)cc1)C1CCNCC1. The molecule has 1 unspecified atom stereocenters. The van der Waals surface area contributed by atoms with Gasteiger partial charge in [-0.2, -0.15) is 0 Å². The monoisotopic (exact) mass is 285 g/mol. The van der Waals surface area contributed by atoms with Crippen molar-refractivity contribution in [3.63, 3.8) is 0 Å². The molecule has 0 aromatic heterocycles. The Labute approximate surface area is 105 Å². The molecule has 2 rings (SSSR count). The van der Waals surface area contributed by atoms with E-state index < -0.39 is 6.17 Å². The van der Waals surface area contributed by atoms with Gasteiger partial charge in [-0.05, 0) is 49.5 Å².